The Morgan fingerprint density at radius 2 is 1.85 bits per heavy atom. The zero-order chi connectivity index (χ0) is 15.3. The SMILES string of the molecule is Cc1cccc(C(C)c2c[nH]cn2)c1C.O=P(O)(O)O. The summed E-state index contributed by atoms with van der Waals surface area (Å²) in [5, 5.41) is 0. The Morgan fingerprint density at radius 1 is 1.25 bits per heavy atom. The van der Waals surface area contributed by atoms with E-state index >= 15 is 0 Å². The molecular weight excluding hydrogens is 279 g/mol. The number of benzene rings is 1. The minimum Gasteiger partial charge on any atom is -0.351 e. The van der Waals surface area contributed by atoms with Gasteiger partial charge in [0.1, 0.15) is 0 Å². The van der Waals surface area contributed by atoms with E-state index < -0.39 is 7.82 Å². The molecule has 0 spiro atoms. The first-order valence-corrected chi connectivity index (χ1v) is 7.59. The van der Waals surface area contributed by atoms with Crippen molar-refractivity contribution in [1.29, 1.82) is 0 Å². The number of rotatable bonds is 2. The largest absolute Gasteiger partial charge is 0.466 e. The Labute approximate surface area is 117 Å². The number of H-pyrrole nitrogens is 1. The maximum atomic E-state index is 8.88. The molecule has 20 heavy (non-hydrogen) atoms. The first-order valence-electron chi connectivity index (χ1n) is 6.03. The highest BCUT2D eigenvalue weighted by Crippen LogP contribution is 2.26. The highest BCUT2D eigenvalue weighted by atomic mass is 31.2. The highest BCUT2D eigenvalue weighted by Gasteiger charge is 2.12. The molecule has 0 saturated carbocycles. The van der Waals surface area contributed by atoms with E-state index in [0.717, 1.165) is 5.69 Å². The van der Waals surface area contributed by atoms with Gasteiger partial charge in [-0.05, 0) is 30.5 Å². The fourth-order valence-electron chi connectivity index (χ4n) is 1.91. The average Bonchev–Trinajstić information content (AvgIpc) is 2.83. The predicted octanol–water partition coefficient (Wildman–Crippen LogP) is 2.25. The van der Waals surface area contributed by atoms with Gasteiger partial charge < -0.3 is 19.7 Å². The lowest BCUT2D eigenvalue weighted by atomic mass is 9.92. The van der Waals surface area contributed by atoms with Crippen molar-refractivity contribution in [2.45, 2.75) is 26.7 Å². The fraction of sp³-hybridized carbons (Fsp3) is 0.308. The van der Waals surface area contributed by atoms with E-state index in [1.807, 2.05) is 6.20 Å². The third-order valence-corrected chi connectivity index (χ3v) is 3.08. The van der Waals surface area contributed by atoms with Crippen molar-refractivity contribution in [2.75, 3.05) is 0 Å². The summed E-state index contributed by atoms with van der Waals surface area (Å²) in [5.74, 6) is 0.358. The lowest BCUT2D eigenvalue weighted by Crippen LogP contribution is -2.00. The van der Waals surface area contributed by atoms with Crippen LogP contribution in [0.4, 0.5) is 0 Å². The monoisotopic (exact) mass is 298 g/mol. The summed E-state index contributed by atoms with van der Waals surface area (Å²) in [7, 11) is -4.64. The first kappa shape index (κ1) is 16.6. The second-order valence-corrected chi connectivity index (χ2v) is 5.54. The number of aryl methyl sites for hydroxylation is 1. The van der Waals surface area contributed by atoms with Crippen LogP contribution in [0.3, 0.4) is 0 Å². The van der Waals surface area contributed by atoms with Gasteiger partial charge in [0.15, 0.2) is 0 Å². The average molecular weight is 298 g/mol. The van der Waals surface area contributed by atoms with Gasteiger partial charge in [-0.25, -0.2) is 9.55 Å². The molecule has 0 aliphatic heterocycles. The van der Waals surface area contributed by atoms with Crippen molar-refractivity contribution >= 4 is 7.82 Å². The van der Waals surface area contributed by atoms with Crippen LogP contribution < -0.4 is 0 Å². The van der Waals surface area contributed by atoms with Crippen LogP contribution in [0.5, 0.6) is 0 Å². The van der Waals surface area contributed by atoms with E-state index in [1.165, 1.54) is 16.7 Å². The van der Waals surface area contributed by atoms with Crippen LogP contribution in [-0.2, 0) is 4.57 Å². The van der Waals surface area contributed by atoms with Gasteiger partial charge in [0.2, 0.25) is 0 Å². The summed E-state index contributed by atoms with van der Waals surface area (Å²) >= 11 is 0. The molecule has 7 heteroatoms. The van der Waals surface area contributed by atoms with E-state index in [0.29, 0.717) is 5.92 Å². The normalized spacial score (nSPS) is 12.5. The molecule has 0 bridgehead atoms. The van der Waals surface area contributed by atoms with Crippen LogP contribution >= 0.6 is 7.82 Å². The van der Waals surface area contributed by atoms with E-state index in [9.17, 15) is 0 Å². The third kappa shape index (κ3) is 5.27. The Balaban J connectivity index is 0.000000347. The summed E-state index contributed by atoms with van der Waals surface area (Å²) in [4.78, 5) is 28.9. The van der Waals surface area contributed by atoms with Crippen molar-refractivity contribution in [3.8, 4) is 0 Å². The zero-order valence-electron chi connectivity index (χ0n) is 11.6. The Hall–Kier alpha value is -1.46. The van der Waals surface area contributed by atoms with E-state index in [4.69, 9.17) is 19.2 Å². The van der Waals surface area contributed by atoms with Gasteiger partial charge in [-0.15, -0.1) is 0 Å². The zero-order valence-corrected chi connectivity index (χ0v) is 12.5. The molecule has 2 aromatic rings. The topological polar surface area (TPSA) is 106 Å². The van der Waals surface area contributed by atoms with Gasteiger partial charge in [-0.1, -0.05) is 25.1 Å². The van der Waals surface area contributed by atoms with E-state index in [-0.39, 0.29) is 0 Å². The molecule has 2 rings (SSSR count). The van der Waals surface area contributed by atoms with Crippen LogP contribution in [0.25, 0.3) is 0 Å². The lowest BCUT2D eigenvalue weighted by Gasteiger charge is -2.14. The molecule has 0 aliphatic carbocycles. The number of hydrogen-bond donors (Lipinski definition) is 4. The number of aromatic amines is 1. The summed E-state index contributed by atoms with van der Waals surface area (Å²) < 4.78 is 8.88. The molecule has 110 valence electrons. The van der Waals surface area contributed by atoms with Gasteiger partial charge in [-0.2, -0.15) is 0 Å². The summed E-state index contributed by atoms with van der Waals surface area (Å²) in [6.07, 6.45) is 3.70. The number of nitrogens with zero attached hydrogens (tertiary/aromatic N) is 1. The van der Waals surface area contributed by atoms with Crippen LogP contribution in [0, 0.1) is 13.8 Å². The number of imidazole rings is 1. The standard InChI is InChI=1S/C13H16N2.H3O4P/c1-9-5-4-6-12(10(9)2)11(3)13-7-14-8-15-13;1-5(2,3)4/h4-8,11H,1-3H3,(H,14,15);(H3,1,2,3,4). The van der Waals surface area contributed by atoms with Crippen molar-refractivity contribution in [2.24, 2.45) is 0 Å². The van der Waals surface area contributed by atoms with Crippen molar-refractivity contribution in [3.05, 3.63) is 53.1 Å². The molecular formula is C13H19N2O4P. The molecule has 0 aliphatic rings. The molecule has 0 amide bonds. The van der Waals surface area contributed by atoms with Crippen LogP contribution in [-0.4, -0.2) is 24.6 Å². The smallest absolute Gasteiger partial charge is 0.351 e. The van der Waals surface area contributed by atoms with Crippen LogP contribution in [0.2, 0.25) is 0 Å². The fourth-order valence-corrected chi connectivity index (χ4v) is 1.91. The second-order valence-electron chi connectivity index (χ2n) is 4.52. The lowest BCUT2D eigenvalue weighted by molar-refractivity contribution is 0.275. The van der Waals surface area contributed by atoms with Gasteiger partial charge in [0, 0.05) is 12.1 Å². The van der Waals surface area contributed by atoms with Gasteiger partial charge in [-0.3, -0.25) is 0 Å². The Kier molecular flexibility index (Phi) is 5.65. The number of hydrogen-bond acceptors (Lipinski definition) is 2. The Bertz CT molecular complexity index is 584. The molecule has 1 atom stereocenters. The first-order chi connectivity index (χ1) is 9.20. The summed E-state index contributed by atoms with van der Waals surface area (Å²) in [5.41, 5.74) is 5.17. The van der Waals surface area contributed by atoms with Crippen LogP contribution in [0.1, 0.15) is 35.2 Å². The maximum absolute atomic E-state index is 8.88. The minimum absolute atomic E-state index is 0.358. The number of nitrogens with one attached hydrogen (secondary N) is 1. The molecule has 0 saturated heterocycles. The molecule has 0 fully saturated rings. The molecule has 1 aromatic heterocycles. The van der Waals surface area contributed by atoms with Crippen molar-refractivity contribution < 1.29 is 19.2 Å². The van der Waals surface area contributed by atoms with Crippen molar-refractivity contribution in [1.82, 2.24) is 9.97 Å². The maximum Gasteiger partial charge on any atom is 0.466 e. The molecule has 0 radical (unpaired) electrons. The highest BCUT2D eigenvalue weighted by molar-refractivity contribution is 7.45. The van der Waals surface area contributed by atoms with Gasteiger partial charge >= 0.3 is 7.82 Å². The van der Waals surface area contributed by atoms with Gasteiger partial charge in [0.05, 0.1) is 12.0 Å². The number of phosphoric acid groups is 1. The summed E-state index contributed by atoms with van der Waals surface area (Å²) in [6.45, 7) is 6.52. The summed E-state index contributed by atoms with van der Waals surface area (Å²) in [6, 6.07) is 6.44. The predicted molar refractivity (Wildman–Crippen MR) is 76.3 cm³/mol. The molecule has 1 unspecified atom stereocenters. The molecule has 6 nitrogen and oxygen atoms in total. The van der Waals surface area contributed by atoms with Crippen LogP contribution in [0.15, 0.2) is 30.7 Å². The van der Waals surface area contributed by atoms with Crippen molar-refractivity contribution in [3.63, 3.8) is 0 Å². The van der Waals surface area contributed by atoms with E-state index in [1.54, 1.807) is 6.33 Å². The van der Waals surface area contributed by atoms with Gasteiger partial charge in [0.25, 0.3) is 0 Å². The second kappa shape index (κ2) is 6.81. The quantitative estimate of drug-likeness (QED) is 0.636. The molecule has 1 heterocycles. The van der Waals surface area contributed by atoms with E-state index in [2.05, 4.69) is 48.9 Å². The number of aromatic nitrogens is 2. The Morgan fingerprint density at radius 3 is 2.35 bits per heavy atom. The molecule has 4 N–H and O–H groups in total. The molecule has 1 aromatic carbocycles. The third-order valence-electron chi connectivity index (χ3n) is 3.08. The minimum atomic E-state index is -4.64.